The van der Waals surface area contributed by atoms with Crippen LogP contribution in [-0.4, -0.2) is 83.2 Å². The average Bonchev–Trinajstić information content (AvgIpc) is 3.33. The number of nitrogens with zero attached hydrogens (tertiary/aromatic N) is 1. The van der Waals surface area contributed by atoms with Gasteiger partial charge in [-0.25, -0.2) is 4.79 Å². The molecule has 2 rings (SSSR count). The van der Waals surface area contributed by atoms with Gasteiger partial charge in [0.1, 0.15) is 30.3 Å². The molecule has 1 aliphatic heterocycles. The van der Waals surface area contributed by atoms with Gasteiger partial charge in [0.2, 0.25) is 17.7 Å². The lowest BCUT2D eigenvalue weighted by molar-refractivity contribution is -0.143. The van der Waals surface area contributed by atoms with Gasteiger partial charge in [0.15, 0.2) is 0 Å². The lowest BCUT2D eigenvalue weighted by Gasteiger charge is -2.30. The van der Waals surface area contributed by atoms with E-state index in [0.717, 1.165) is 5.56 Å². The summed E-state index contributed by atoms with van der Waals surface area (Å²) in [4.78, 5) is 64.2. The summed E-state index contributed by atoms with van der Waals surface area (Å²) in [5, 5.41) is 16.5. The molecule has 1 aromatic carbocycles. The summed E-state index contributed by atoms with van der Waals surface area (Å²) in [6.07, 6.45) is 1.00. The second kappa shape index (κ2) is 14.3. The average molecular weight is 534 g/mol. The molecular weight excluding hydrogens is 494 g/mol. The summed E-state index contributed by atoms with van der Waals surface area (Å²) in [7, 11) is 0. The Morgan fingerprint density at radius 2 is 1.79 bits per heavy atom. The number of nitrogens with two attached hydrogens (primary N) is 1. The molecule has 1 aliphatic rings. The zero-order valence-corrected chi connectivity index (χ0v) is 22.2. The van der Waals surface area contributed by atoms with Gasteiger partial charge >= 0.3 is 12.1 Å². The van der Waals surface area contributed by atoms with E-state index in [1.165, 1.54) is 4.90 Å². The quantitative estimate of drug-likeness (QED) is 0.258. The first-order valence-corrected chi connectivity index (χ1v) is 12.7. The Hall–Kier alpha value is -3.67. The van der Waals surface area contributed by atoms with Gasteiger partial charge in [0.05, 0.1) is 0 Å². The normalized spacial score (nSPS) is 16.7. The van der Waals surface area contributed by atoms with Crippen LogP contribution in [0.15, 0.2) is 30.3 Å². The molecule has 0 bridgehead atoms. The smallest absolute Gasteiger partial charge is 0.408 e. The second-order valence-electron chi connectivity index (χ2n) is 10.2. The largest absolute Gasteiger partial charge is 0.480 e. The van der Waals surface area contributed by atoms with Crippen LogP contribution < -0.4 is 21.7 Å². The summed E-state index contributed by atoms with van der Waals surface area (Å²) in [6, 6.07) is 6.22. The van der Waals surface area contributed by atoms with Gasteiger partial charge < -0.3 is 36.4 Å². The molecule has 1 heterocycles. The number of carboxylic acids is 1. The lowest BCUT2D eigenvalue weighted by atomic mass is 10.0. The molecule has 1 aromatic rings. The number of rotatable bonds is 12. The van der Waals surface area contributed by atoms with Gasteiger partial charge in [0, 0.05) is 13.0 Å². The first kappa shape index (κ1) is 30.6. The number of benzene rings is 1. The monoisotopic (exact) mass is 533 g/mol. The predicted octanol–water partition coefficient (Wildman–Crippen LogP) is 0.538. The Balaban J connectivity index is 2.24. The highest BCUT2D eigenvalue weighted by molar-refractivity contribution is 5.95. The van der Waals surface area contributed by atoms with Crippen molar-refractivity contribution in [3.05, 3.63) is 35.9 Å². The minimum absolute atomic E-state index is 0.154. The van der Waals surface area contributed by atoms with Crippen LogP contribution in [0.4, 0.5) is 4.79 Å². The van der Waals surface area contributed by atoms with Crippen molar-refractivity contribution < 1.29 is 33.8 Å². The SMILES string of the molecule is CC(C)(C)OC(=O)N[C@H](CCCN)C(=O)N[C@@H](Cc1ccccc1)C(=O)N1CCC[C@@H]1C(=O)NCC(=O)O. The summed E-state index contributed by atoms with van der Waals surface area (Å²) in [6.45, 7) is 5.14. The molecule has 1 fully saturated rings. The van der Waals surface area contributed by atoms with Crippen molar-refractivity contribution in [3.8, 4) is 0 Å². The van der Waals surface area contributed by atoms with Crippen LogP contribution in [0.2, 0.25) is 0 Å². The van der Waals surface area contributed by atoms with Crippen molar-refractivity contribution in [2.75, 3.05) is 19.6 Å². The molecule has 0 aromatic heterocycles. The molecule has 210 valence electrons. The molecule has 0 unspecified atom stereocenters. The molecule has 0 saturated carbocycles. The number of ether oxygens (including phenoxy) is 1. The Bertz CT molecular complexity index is 980. The van der Waals surface area contributed by atoms with Gasteiger partial charge in [-0.3, -0.25) is 19.2 Å². The zero-order chi connectivity index (χ0) is 28.3. The highest BCUT2D eigenvalue weighted by Crippen LogP contribution is 2.20. The van der Waals surface area contributed by atoms with Crippen LogP contribution in [0.3, 0.4) is 0 Å². The van der Waals surface area contributed by atoms with Crippen molar-refractivity contribution in [2.24, 2.45) is 5.73 Å². The number of alkyl carbamates (subject to hydrolysis) is 1. The van der Waals surface area contributed by atoms with Crippen LogP contribution in [-0.2, 0) is 30.3 Å². The molecule has 0 aliphatic carbocycles. The van der Waals surface area contributed by atoms with Gasteiger partial charge in [-0.05, 0) is 58.6 Å². The molecule has 4 amide bonds. The lowest BCUT2D eigenvalue weighted by Crippen LogP contribution is -2.57. The maximum atomic E-state index is 13.7. The Morgan fingerprint density at radius 1 is 1.11 bits per heavy atom. The maximum Gasteiger partial charge on any atom is 0.408 e. The number of aliphatic carboxylic acids is 1. The summed E-state index contributed by atoms with van der Waals surface area (Å²) < 4.78 is 5.29. The number of hydrogen-bond donors (Lipinski definition) is 5. The number of carbonyl (C=O) groups is 5. The summed E-state index contributed by atoms with van der Waals surface area (Å²) in [5.74, 6) is -2.80. The Morgan fingerprint density at radius 3 is 2.39 bits per heavy atom. The number of likely N-dealkylation sites (tertiary alicyclic amines) is 1. The first-order valence-electron chi connectivity index (χ1n) is 12.7. The Kier molecular flexibility index (Phi) is 11.5. The van der Waals surface area contributed by atoms with Crippen LogP contribution >= 0.6 is 0 Å². The van der Waals surface area contributed by atoms with Gasteiger partial charge in [-0.15, -0.1) is 0 Å². The zero-order valence-electron chi connectivity index (χ0n) is 22.2. The number of hydrogen-bond acceptors (Lipinski definition) is 7. The van der Waals surface area contributed by atoms with Crippen molar-refractivity contribution >= 4 is 29.8 Å². The topological polar surface area (TPSA) is 180 Å². The molecule has 12 nitrogen and oxygen atoms in total. The minimum Gasteiger partial charge on any atom is -0.480 e. The van der Waals surface area contributed by atoms with Gasteiger partial charge in [0.25, 0.3) is 0 Å². The second-order valence-corrected chi connectivity index (χ2v) is 10.2. The van der Waals surface area contributed by atoms with Crippen LogP contribution in [0.1, 0.15) is 52.0 Å². The van der Waals surface area contributed by atoms with E-state index in [-0.39, 0.29) is 19.4 Å². The summed E-state index contributed by atoms with van der Waals surface area (Å²) >= 11 is 0. The van der Waals surface area contributed by atoms with E-state index in [4.69, 9.17) is 15.6 Å². The number of amides is 4. The first-order chi connectivity index (χ1) is 17.9. The van der Waals surface area contributed by atoms with E-state index in [0.29, 0.717) is 25.8 Å². The molecule has 38 heavy (non-hydrogen) atoms. The molecule has 6 N–H and O–H groups in total. The number of nitrogens with one attached hydrogen (secondary N) is 3. The minimum atomic E-state index is -1.19. The molecular formula is C26H39N5O7. The highest BCUT2D eigenvalue weighted by atomic mass is 16.6. The molecule has 0 radical (unpaired) electrons. The van der Waals surface area contributed by atoms with E-state index < -0.39 is 60.1 Å². The standard InChI is InChI=1S/C26H39N5O7/c1-26(2,3)38-25(37)30-18(11-7-13-27)22(34)29-19(15-17-9-5-4-6-10-17)24(36)31-14-8-12-20(31)23(35)28-16-21(32)33/h4-6,9-10,18-20H,7-8,11-16,27H2,1-3H3,(H,28,35)(H,29,34)(H,30,37)(H,32,33)/t18-,19+,20-/m1/s1. The fourth-order valence-electron chi connectivity index (χ4n) is 4.15. The van der Waals surface area contributed by atoms with E-state index in [9.17, 15) is 24.0 Å². The van der Waals surface area contributed by atoms with Crippen LogP contribution in [0.5, 0.6) is 0 Å². The fraction of sp³-hybridized carbons (Fsp3) is 0.577. The van der Waals surface area contributed by atoms with Crippen molar-refractivity contribution in [1.82, 2.24) is 20.9 Å². The van der Waals surface area contributed by atoms with E-state index in [1.54, 1.807) is 20.8 Å². The van der Waals surface area contributed by atoms with Gasteiger partial charge in [-0.2, -0.15) is 0 Å². The van der Waals surface area contributed by atoms with E-state index in [2.05, 4.69) is 16.0 Å². The van der Waals surface area contributed by atoms with Crippen LogP contribution in [0, 0.1) is 0 Å². The Labute approximate surface area is 222 Å². The number of carbonyl (C=O) groups excluding carboxylic acids is 4. The predicted molar refractivity (Wildman–Crippen MR) is 139 cm³/mol. The van der Waals surface area contributed by atoms with E-state index >= 15 is 0 Å². The molecule has 0 spiro atoms. The summed E-state index contributed by atoms with van der Waals surface area (Å²) in [5.41, 5.74) is 5.64. The third-order valence-corrected chi connectivity index (χ3v) is 5.85. The third kappa shape index (κ3) is 10.0. The van der Waals surface area contributed by atoms with Gasteiger partial charge in [-0.1, -0.05) is 30.3 Å². The fourth-order valence-corrected chi connectivity index (χ4v) is 4.15. The molecule has 12 heteroatoms. The third-order valence-electron chi connectivity index (χ3n) is 5.85. The van der Waals surface area contributed by atoms with Crippen LogP contribution in [0.25, 0.3) is 0 Å². The molecule has 3 atom stereocenters. The van der Waals surface area contributed by atoms with Crippen molar-refractivity contribution in [3.63, 3.8) is 0 Å². The van der Waals surface area contributed by atoms with Crippen molar-refractivity contribution in [2.45, 2.75) is 76.6 Å². The maximum absolute atomic E-state index is 13.7. The van der Waals surface area contributed by atoms with E-state index in [1.807, 2.05) is 30.3 Å². The highest BCUT2D eigenvalue weighted by Gasteiger charge is 2.38. The van der Waals surface area contributed by atoms with Crippen molar-refractivity contribution in [1.29, 1.82) is 0 Å². The number of carboxylic acid groups (broad SMARTS) is 1. The molecule has 1 saturated heterocycles.